The van der Waals surface area contributed by atoms with Crippen LogP contribution in [0.15, 0.2) is 36.4 Å². The van der Waals surface area contributed by atoms with Gasteiger partial charge in [0.15, 0.2) is 11.5 Å². The molecule has 0 bridgehead atoms. The van der Waals surface area contributed by atoms with Gasteiger partial charge in [0, 0.05) is 45.0 Å². The van der Waals surface area contributed by atoms with Crippen LogP contribution in [-0.4, -0.2) is 77.6 Å². The second kappa shape index (κ2) is 13.2. The Kier molecular flexibility index (Phi) is 10.0. The van der Waals surface area contributed by atoms with Crippen molar-refractivity contribution in [1.29, 1.82) is 0 Å². The zero-order valence-electron chi connectivity index (χ0n) is 21.6. The molecule has 0 aromatic heterocycles. The highest BCUT2D eigenvalue weighted by molar-refractivity contribution is 5.95. The molecule has 1 saturated heterocycles. The lowest BCUT2D eigenvalue weighted by atomic mass is 10.0. The maximum Gasteiger partial charge on any atom is 0.251 e. The van der Waals surface area contributed by atoms with Crippen LogP contribution in [0, 0.1) is 0 Å². The van der Waals surface area contributed by atoms with E-state index in [2.05, 4.69) is 39.4 Å². The number of hydrogen-bond acceptors (Lipinski definition) is 7. The first-order chi connectivity index (χ1) is 17.0. The fourth-order valence-corrected chi connectivity index (χ4v) is 4.15. The smallest absolute Gasteiger partial charge is 0.251 e. The van der Waals surface area contributed by atoms with Crippen LogP contribution < -0.4 is 24.4 Å². The van der Waals surface area contributed by atoms with Crippen LogP contribution in [0.1, 0.15) is 42.7 Å². The number of carbonyl (C=O) groups excluding carboxylic acids is 1. The molecule has 0 aliphatic carbocycles. The van der Waals surface area contributed by atoms with Crippen LogP contribution in [0.5, 0.6) is 17.2 Å². The lowest BCUT2D eigenvalue weighted by Gasteiger charge is -2.35. The Hall–Kier alpha value is -2.97. The maximum atomic E-state index is 13.3. The molecule has 1 N–H and O–H groups in total. The molecule has 1 amide bonds. The predicted molar refractivity (Wildman–Crippen MR) is 138 cm³/mol. The van der Waals surface area contributed by atoms with Gasteiger partial charge in [0.2, 0.25) is 5.75 Å². The van der Waals surface area contributed by atoms with Crippen LogP contribution in [0.3, 0.4) is 0 Å². The summed E-state index contributed by atoms with van der Waals surface area (Å²) >= 11 is 0. The summed E-state index contributed by atoms with van der Waals surface area (Å²) in [6.45, 7) is 10.6. The number of hydrogen-bond donors (Lipinski definition) is 1. The minimum absolute atomic E-state index is 0.0412. The monoisotopic (exact) mass is 485 g/mol. The first-order valence-electron chi connectivity index (χ1n) is 12.4. The van der Waals surface area contributed by atoms with Crippen molar-refractivity contribution >= 4 is 11.6 Å². The standard InChI is InChI=1S/C27H39N3O5/c1-6-33-24-17-21(18-25(34-7-2)26(24)35-8-3)27(31)28-19-23(30-13-15-32-16-14-30)20-9-11-22(12-10-20)29(4)5/h9-12,17-18,23H,6-8,13-16,19H2,1-5H3,(H,28,31)/t23-/m1/s1. The molecule has 3 rings (SSSR count). The summed E-state index contributed by atoms with van der Waals surface area (Å²) in [5.74, 6) is 1.36. The highest BCUT2D eigenvalue weighted by Crippen LogP contribution is 2.39. The Morgan fingerprint density at radius 2 is 1.54 bits per heavy atom. The van der Waals surface area contributed by atoms with Gasteiger partial charge in [-0.2, -0.15) is 0 Å². The molecular weight excluding hydrogens is 446 g/mol. The van der Waals surface area contributed by atoms with E-state index in [-0.39, 0.29) is 11.9 Å². The number of amides is 1. The number of benzene rings is 2. The summed E-state index contributed by atoms with van der Waals surface area (Å²) in [4.78, 5) is 17.7. The number of nitrogens with one attached hydrogen (secondary N) is 1. The molecule has 0 radical (unpaired) electrons. The SMILES string of the molecule is CCOc1cc(C(=O)NC[C@H](c2ccc(N(C)C)cc2)N2CCOCC2)cc(OCC)c1OCC. The van der Waals surface area contributed by atoms with Crippen LogP contribution in [0.2, 0.25) is 0 Å². The summed E-state index contributed by atoms with van der Waals surface area (Å²) in [5.41, 5.74) is 2.78. The molecule has 1 fully saturated rings. The average Bonchev–Trinajstić information content (AvgIpc) is 2.87. The van der Waals surface area contributed by atoms with Gasteiger partial charge in [-0.15, -0.1) is 0 Å². The van der Waals surface area contributed by atoms with E-state index in [1.807, 2.05) is 34.9 Å². The topological polar surface area (TPSA) is 72.5 Å². The van der Waals surface area contributed by atoms with Crippen LogP contribution in [-0.2, 0) is 4.74 Å². The van der Waals surface area contributed by atoms with E-state index in [1.165, 1.54) is 0 Å². The highest BCUT2D eigenvalue weighted by Gasteiger charge is 2.24. The predicted octanol–water partition coefficient (Wildman–Crippen LogP) is 3.75. The quantitative estimate of drug-likeness (QED) is 0.491. The molecule has 8 nitrogen and oxygen atoms in total. The number of nitrogens with zero attached hydrogens (tertiary/aromatic N) is 2. The normalized spacial score (nSPS) is 14.8. The fraction of sp³-hybridized carbons (Fsp3) is 0.519. The van der Waals surface area contributed by atoms with Gasteiger partial charge in [-0.25, -0.2) is 0 Å². The Morgan fingerprint density at radius 3 is 2.06 bits per heavy atom. The summed E-state index contributed by atoms with van der Waals surface area (Å²) in [6, 6.07) is 12.0. The average molecular weight is 486 g/mol. The Morgan fingerprint density at radius 1 is 0.971 bits per heavy atom. The van der Waals surface area contributed by atoms with Gasteiger partial charge in [-0.3, -0.25) is 9.69 Å². The van der Waals surface area contributed by atoms with Gasteiger partial charge in [-0.1, -0.05) is 12.1 Å². The zero-order chi connectivity index (χ0) is 25.2. The van der Waals surface area contributed by atoms with Crippen molar-refractivity contribution in [2.75, 3.05) is 71.7 Å². The van der Waals surface area contributed by atoms with Crippen molar-refractivity contribution < 1.29 is 23.7 Å². The van der Waals surface area contributed by atoms with E-state index in [0.29, 0.717) is 62.4 Å². The third-order valence-electron chi connectivity index (χ3n) is 5.91. The molecule has 1 heterocycles. The van der Waals surface area contributed by atoms with E-state index in [4.69, 9.17) is 18.9 Å². The van der Waals surface area contributed by atoms with Gasteiger partial charge < -0.3 is 29.2 Å². The number of anilines is 1. The van der Waals surface area contributed by atoms with Gasteiger partial charge >= 0.3 is 0 Å². The molecule has 1 aliphatic heterocycles. The fourth-order valence-electron chi connectivity index (χ4n) is 4.15. The zero-order valence-corrected chi connectivity index (χ0v) is 21.6. The summed E-state index contributed by atoms with van der Waals surface area (Å²) < 4.78 is 22.9. The molecular formula is C27H39N3O5. The van der Waals surface area contributed by atoms with Crippen molar-refractivity contribution in [3.8, 4) is 17.2 Å². The molecule has 35 heavy (non-hydrogen) atoms. The minimum Gasteiger partial charge on any atom is -0.490 e. The molecule has 2 aromatic carbocycles. The maximum absolute atomic E-state index is 13.3. The minimum atomic E-state index is -0.182. The molecule has 0 unspecified atom stereocenters. The van der Waals surface area contributed by atoms with E-state index in [1.54, 1.807) is 12.1 Å². The molecule has 1 atom stereocenters. The van der Waals surface area contributed by atoms with Gasteiger partial charge in [0.1, 0.15) is 0 Å². The van der Waals surface area contributed by atoms with Crippen LogP contribution >= 0.6 is 0 Å². The molecule has 0 saturated carbocycles. The first kappa shape index (κ1) is 26.6. The van der Waals surface area contributed by atoms with Crippen molar-refractivity contribution in [1.82, 2.24) is 10.2 Å². The molecule has 192 valence electrons. The van der Waals surface area contributed by atoms with Gasteiger partial charge in [0.05, 0.1) is 39.1 Å². The molecule has 0 spiro atoms. The van der Waals surface area contributed by atoms with Crippen LogP contribution in [0.4, 0.5) is 5.69 Å². The number of morpholine rings is 1. The summed E-state index contributed by atoms with van der Waals surface area (Å²) in [7, 11) is 4.05. The third-order valence-corrected chi connectivity index (χ3v) is 5.91. The van der Waals surface area contributed by atoms with E-state index in [9.17, 15) is 4.79 Å². The number of carbonyl (C=O) groups is 1. The second-order valence-electron chi connectivity index (χ2n) is 8.46. The third kappa shape index (κ3) is 7.02. The lowest BCUT2D eigenvalue weighted by Crippen LogP contribution is -2.43. The Labute approximate surface area is 209 Å². The van der Waals surface area contributed by atoms with Crippen molar-refractivity contribution in [3.63, 3.8) is 0 Å². The van der Waals surface area contributed by atoms with Crippen LogP contribution in [0.25, 0.3) is 0 Å². The van der Waals surface area contributed by atoms with Crippen molar-refractivity contribution in [2.24, 2.45) is 0 Å². The molecule has 1 aliphatic rings. The van der Waals surface area contributed by atoms with E-state index in [0.717, 1.165) is 24.3 Å². The van der Waals surface area contributed by atoms with Crippen molar-refractivity contribution in [2.45, 2.75) is 26.8 Å². The van der Waals surface area contributed by atoms with E-state index < -0.39 is 0 Å². The highest BCUT2D eigenvalue weighted by atomic mass is 16.5. The van der Waals surface area contributed by atoms with E-state index >= 15 is 0 Å². The lowest BCUT2D eigenvalue weighted by molar-refractivity contribution is 0.0162. The first-order valence-corrected chi connectivity index (χ1v) is 12.4. The molecule has 8 heteroatoms. The number of ether oxygens (including phenoxy) is 4. The van der Waals surface area contributed by atoms with Gasteiger partial charge in [0.25, 0.3) is 5.91 Å². The summed E-state index contributed by atoms with van der Waals surface area (Å²) in [6.07, 6.45) is 0. The molecule has 2 aromatic rings. The largest absolute Gasteiger partial charge is 0.490 e. The number of rotatable bonds is 12. The van der Waals surface area contributed by atoms with Gasteiger partial charge in [-0.05, 0) is 50.6 Å². The Bertz CT molecular complexity index is 915. The summed E-state index contributed by atoms with van der Waals surface area (Å²) in [5, 5.41) is 3.14. The Balaban J connectivity index is 1.83. The second-order valence-corrected chi connectivity index (χ2v) is 8.46. The van der Waals surface area contributed by atoms with Crippen molar-refractivity contribution in [3.05, 3.63) is 47.5 Å².